The Morgan fingerprint density at radius 2 is 0.925 bits per heavy atom. The Balaban J connectivity index is 0.000000224. The van der Waals surface area contributed by atoms with E-state index in [1.807, 2.05) is 0 Å². The van der Waals surface area contributed by atoms with E-state index in [0.717, 1.165) is 18.3 Å². The van der Waals surface area contributed by atoms with Crippen molar-refractivity contribution >= 4 is 33.3 Å². The fourth-order valence-corrected chi connectivity index (χ4v) is 9.32. The van der Waals surface area contributed by atoms with E-state index < -0.39 is 17.4 Å². The van der Waals surface area contributed by atoms with Crippen molar-refractivity contribution in [3.63, 3.8) is 0 Å². The molecule has 5 aromatic rings. The summed E-state index contributed by atoms with van der Waals surface area (Å²) in [6.45, 7) is 0. The Labute approximate surface area is 237 Å². The number of rotatable bonds is 8. The molecule has 0 aliphatic rings. The Kier molecular flexibility index (Phi) is 9.73. The minimum absolute atomic E-state index is 0.263. The molecular weight excluding hydrogens is 539 g/mol. The zero-order valence-electron chi connectivity index (χ0n) is 22.4. The van der Waals surface area contributed by atoms with Gasteiger partial charge in [0.1, 0.15) is 44.8 Å². The first-order valence-corrected chi connectivity index (χ1v) is 16.0. The van der Waals surface area contributed by atoms with Gasteiger partial charge in [0, 0.05) is 6.07 Å². The SMILES string of the molecule is COc1cc(OC)cc(S(=O)(=O)[O-])c1.c1ccc(C[P+](c2ccccc2)(c2ccccc2)c2ccccc2)cc1. The van der Waals surface area contributed by atoms with Crippen molar-refractivity contribution in [1.82, 2.24) is 0 Å². The van der Waals surface area contributed by atoms with Crippen LogP contribution in [0.25, 0.3) is 0 Å². The summed E-state index contributed by atoms with van der Waals surface area (Å²) in [6, 6.07) is 47.8. The summed E-state index contributed by atoms with van der Waals surface area (Å²) in [6.07, 6.45) is 1.03. The van der Waals surface area contributed by atoms with Gasteiger partial charge in [-0.05, 0) is 54.1 Å². The molecule has 0 saturated heterocycles. The van der Waals surface area contributed by atoms with E-state index in [0.29, 0.717) is 0 Å². The molecule has 0 saturated carbocycles. The molecule has 0 amide bonds. The van der Waals surface area contributed by atoms with E-state index in [1.165, 1.54) is 41.8 Å². The summed E-state index contributed by atoms with van der Waals surface area (Å²) in [5, 5.41) is 4.30. The lowest BCUT2D eigenvalue weighted by Crippen LogP contribution is -2.32. The predicted octanol–water partition coefficient (Wildman–Crippen LogP) is 5.79. The zero-order valence-corrected chi connectivity index (χ0v) is 24.1. The summed E-state index contributed by atoms with van der Waals surface area (Å²) < 4.78 is 41.7. The molecule has 5 aromatic carbocycles. The van der Waals surface area contributed by atoms with Crippen molar-refractivity contribution in [3.8, 4) is 11.5 Å². The molecule has 40 heavy (non-hydrogen) atoms. The van der Waals surface area contributed by atoms with Gasteiger partial charge in [0.25, 0.3) is 0 Å². The van der Waals surface area contributed by atoms with Crippen LogP contribution in [0, 0.1) is 0 Å². The van der Waals surface area contributed by atoms with Crippen molar-refractivity contribution in [2.75, 3.05) is 14.2 Å². The van der Waals surface area contributed by atoms with Gasteiger partial charge in [0.15, 0.2) is 0 Å². The Morgan fingerprint density at radius 1 is 0.575 bits per heavy atom. The standard InChI is InChI=1S/C25H22P.C8H10O5S/c1-5-13-22(14-6-1)21-26(23-15-7-2-8-16-23,24-17-9-3-10-18-24)25-19-11-4-12-20-25;1-12-6-3-7(13-2)5-8(4-6)14(9,10)11/h1-20H,21H2;3-5H,1-2H3,(H,9,10,11)/q+1;/p-1. The second-order valence-electron chi connectivity index (χ2n) is 8.96. The smallest absolute Gasteiger partial charge is 0.124 e. The third-order valence-corrected chi connectivity index (χ3v) is 11.7. The largest absolute Gasteiger partial charge is 0.744 e. The predicted molar refractivity (Wildman–Crippen MR) is 163 cm³/mol. The average Bonchev–Trinajstić information content (AvgIpc) is 3.01. The van der Waals surface area contributed by atoms with Crippen LogP contribution in [-0.4, -0.2) is 27.2 Å². The van der Waals surface area contributed by atoms with Gasteiger partial charge in [0.05, 0.1) is 25.3 Å². The lowest BCUT2D eigenvalue weighted by molar-refractivity contribution is 0.390. The lowest BCUT2D eigenvalue weighted by atomic mass is 10.2. The summed E-state index contributed by atoms with van der Waals surface area (Å²) in [5.74, 6) is 0.526. The van der Waals surface area contributed by atoms with Crippen molar-refractivity contribution in [2.24, 2.45) is 0 Å². The minimum Gasteiger partial charge on any atom is -0.744 e. The Morgan fingerprint density at radius 3 is 1.25 bits per heavy atom. The highest BCUT2D eigenvalue weighted by Crippen LogP contribution is 2.58. The van der Waals surface area contributed by atoms with Gasteiger partial charge in [0.2, 0.25) is 0 Å². The number of methoxy groups -OCH3 is 2. The molecule has 5 rings (SSSR count). The molecule has 0 bridgehead atoms. The number of ether oxygens (including phenoxy) is 2. The van der Waals surface area contributed by atoms with Gasteiger partial charge in [-0.15, -0.1) is 0 Å². The summed E-state index contributed by atoms with van der Waals surface area (Å²) >= 11 is 0. The van der Waals surface area contributed by atoms with E-state index in [1.54, 1.807) is 0 Å². The molecule has 0 atom stereocenters. The molecule has 0 aliphatic heterocycles. The Bertz CT molecular complexity index is 1480. The van der Waals surface area contributed by atoms with Crippen molar-refractivity contribution in [2.45, 2.75) is 11.1 Å². The molecule has 0 N–H and O–H groups in total. The van der Waals surface area contributed by atoms with Crippen LogP contribution in [0.4, 0.5) is 0 Å². The molecule has 204 valence electrons. The molecular formula is C33H31O5PS. The monoisotopic (exact) mass is 570 g/mol. The fraction of sp³-hybridized carbons (Fsp3) is 0.0909. The maximum Gasteiger partial charge on any atom is 0.124 e. The van der Waals surface area contributed by atoms with Crippen molar-refractivity contribution < 1.29 is 22.4 Å². The second-order valence-corrected chi connectivity index (χ2v) is 13.8. The van der Waals surface area contributed by atoms with E-state index in [2.05, 4.69) is 121 Å². The van der Waals surface area contributed by atoms with Crippen LogP contribution in [0.3, 0.4) is 0 Å². The average molecular weight is 571 g/mol. The third kappa shape index (κ3) is 6.97. The van der Waals surface area contributed by atoms with E-state index in [-0.39, 0.29) is 16.4 Å². The highest BCUT2D eigenvalue weighted by atomic mass is 32.2. The van der Waals surface area contributed by atoms with Crippen LogP contribution in [0.2, 0.25) is 0 Å². The summed E-state index contributed by atoms with van der Waals surface area (Å²) in [7, 11) is -3.51. The van der Waals surface area contributed by atoms with Gasteiger partial charge >= 0.3 is 0 Å². The third-order valence-electron chi connectivity index (χ3n) is 6.47. The van der Waals surface area contributed by atoms with E-state index in [9.17, 15) is 13.0 Å². The van der Waals surface area contributed by atoms with E-state index in [4.69, 9.17) is 9.47 Å². The molecule has 5 nitrogen and oxygen atoms in total. The number of hydrogen-bond acceptors (Lipinski definition) is 5. The molecule has 0 radical (unpaired) electrons. The normalized spacial score (nSPS) is 11.2. The number of benzene rings is 5. The fourth-order valence-electron chi connectivity index (χ4n) is 4.55. The first kappa shape index (κ1) is 29.0. The van der Waals surface area contributed by atoms with Crippen LogP contribution in [-0.2, 0) is 16.3 Å². The highest BCUT2D eigenvalue weighted by molar-refractivity contribution is 7.95. The first-order chi connectivity index (χ1) is 19.4. The van der Waals surface area contributed by atoms with Gasteiger partial charge < -0.3 is 14.0 Å². The first-order valence-electron chi connectivity index (χ1n) is 12.6. The molecule has 0 aliphatic carbocycles. The van der Waals surface area contributed by atoms with Crippen LogP contribution in [0.15, 0.2) is 144 Å². The van der Waals surface area contributed by atoms with Crippen molar-refractivity contribution in [3.05, 3.63) is 145 Å². The summed E-state index contributed by atoms with van der Waals surface area (Å²) in [4.78, 5) is -0.367. The van der Waals surface area contributed by atoms with Gasteiger partial charge in [-0.3, -0.25) is 0 Å². The quantitative estimate of drug-likeness (QED) is 0.174. The maximum absolute atomic E-state index is 10.7. The zero-order chi connectivity index (χ0) is 28.4. The van der Waals surface area contributed by atoms with Crippen LogP contribution in [0.1, 0.15) is 5.56 Å². The molecule has 0 aromatic heterocycles. The molecule has 7 heteroatoms. The van der Waals surface area contributed by atoms with Crippen molar-refractivity contribution in [1.29, 1.82) is 0 Å². The van der Waals surface area contributed by atoms with Crippen LogP contribution >= 0.6 is 7.26 Å². The molecule has 0 spiro atoms. The Hall–Kier alpha value is -3.96. The van der Waals surface area contributed by atoms with Gasteiger partial charge in [-0.1, -0.05) is 84.9 Å². The van der Waals surface area contributed by atoms with Crippen LogP contribution < -0.4 is 25.4 Å². The van der Waals surface area contributed by atoms with Gasteiger partial charge in [-0.2, -0.15) is 0 Å². The lowest BCUT2D eigenvalue weighted by Gasteiger charge is -2.27. The van der Waals surface area contributed by atoms with Gasteiger partial charge in [-0.25, -0.2) is 8.42 Å². The number of hydrogen-bond donors (Lipinski definition) is 0. The topological polar surface area (TPSA) is 75.7 Å². The van der Waals surface area contributed by atoms with E-state index >= 15 is 0 Å². The van der Waals surface area contributed by atoms with Crippen LogP contribution in [0.5, 0.6) is 11.5 Å². The molecule has 0 fully saturated rings. The minimum atomic E-state index is -4.48. The summed E-state index contributed by atoms with van der Waals surface area (Å²) in [5.41, 5.74) is 1.39. The maximum atomic E-state index is 10.7. The highest BCUT2D eigenvalue weighted by Gasteiger charge is 2.45. The second kappa shape index (κ2) is 13.4. The molecule has 0 heterocycles. The molecule has 0 unspecified atom stereocenters.